The Bertz CT molecular complexity index is 664. The van der Waals surface area contributed by atoms with Crippen molar-refractivity contribution in [2.45, 2.75) is 37.6 Å². The SMILES string of the molecule is N#CCC1(n2cc(C(N)=O)c(NC(=O)C3CC3)n2)CCNCC1. The molecule has 1 aliphatic heterocycles. The van der Waals surface area contributed by atoms with Gasteiger partial charge >= 0.3 is 0 Å². The first kappa shape index (κ1) is 15.5. The van der Waals surface area contributed by atoms with Gasteiger partial charge in [0.2, 0.25) is 5.91 Å². The molecule has 1 aromatic heterocycles. The van der Waals surface area contributed by atoms with E-state index in [-0.39, 0.29) is 23.2 Å². The number of amides is 2. The molecule has 0 atom stereocenters. The summed E-state index contributed by atoms with van der Waals surface area (Å²) in [4.78, 5) is 23.7. The van der Waals surface area contributed by atoms with Gasteiger partial charge in [0.25, 0.3) is 5.91 Å². The lowest BCUT2D eigenvalue weighted by Gasteiger charge is -2.36. The molecular formula is C15H20N6O2. The summed E-state index contributed by atoms with van der Waals surface area (Å²) in [6.45, 7) is 1.55. The van der Waals surface area contributed by atoms with Crippen LogP contribution >= 0.6 is 0 Å². The normalized spacial score (nSPS) is 19.8. The Morgan fingerprint density at radius 3 is 2.74 bits per heavy atom. The molecule has 2 aliphatic rings. The Morgan fingerprint density at radius 1 is 1.48 bits per heavy atom. The third-order valence-corrected chi connectivity index (χ3v) is 4.60. The summed E-state index contributed by atoms with van der Waals surface area (Å²) in [6.07, 6.45) is 5.05. The van der Waals surface area contributed by atoms with E-state index in [0.717, 1.165) is 38.8 Å². The summed E-state index contributed by atoms with van der Waals surface area (Å²) < 4.78 is 1.65. The van der Waals surface area contributed by atoms with Gasteiger partial charge in [-0.15, -0.1) is 0 Å². The summed E-state index contributed by atoms with van der Waals surface area (Å²) in [5, 5.41) is 19.5. The van der Waals surface area contributed by atoms with Crippen molar-refractivity contribution >= 4 is 17.6 Å². The fraction of sp³-hybridized carbons (Fsp3) is 0.600. The average Bonchev–Trinajstić information content (AvgIpc) is 3.29. The first-order valence-corrected chi connectivity index (χ1v) is 7.84. The number of rotatable bonds is 5. The molecule has 4 N–H and O–H groups in total. The molecule has 8 heteroatoms. The summed E-state index contributed by atoms with van der Waals surface area (Å²) in [5.41, 5.74) is 5.15. The van der Waals surface area contributed by atoms with Gasteiger partial charge in [-0.1, -0.05) is 0 Å². The number of nitrogens with one attached hydrogen (secondary N) is 2. The number of aromatic nitrogens is 2. The number of hydrogen-bond acceptors (Lipinski definition) is 5. The second kappa shape index (κ2) is 6.01. The summed E-state index contributed by atoms with van der Waals surface area (Å²) in [5.74, 6) is -0.557. The van der Waals surface area contributed by atoms with E-state index in [1.54, 1.807) is 10.9 Å². The van der Waals surface area contributed by atoms with E-state index in [2.05, 4.69) is 21.8 Å². The van der Waals surface area contributed by atoms with Gasteiger partial charge < -0.3 is 16.4 Å². The van der Waals surface area contributed by atoms with E-state index in [1.807, 2.05) is 0 Å². The maximum Gasteiger partial charge on any atom is 0.254 e. The van der Waals surface area contributed by atoms with E-state index in [9.17, 15) is 14.9 Å². The van der Waals surface area contributed by atoms with Crippen molar-refractivity contribution in [2.24, 2.45) is 11.7 Å². The maximum absolute atomic E-state index is 12.0. The van der Waals surface area contributed by atoms with Crippen LogP contribution in [0.25, 0.3) is 0 Å². The van der Waals surface area contributed by atoms with Gasteiger partial charge in [0, 0.05) is 12.1 Å². The van der Waals surface area contributed by atoms with Gasteiger partial charge in [-0.2, -0.15) is 10.4 Å². The quantitative estimate of drug-likeness (QED) is 0.721. The van der Waals surface area contributed by atoms with Crippen LogP contribution in [0.4, 0.5) is 5.82 Å². The molecule has 0 bridgehead atoms. The second-order valence-electron chi connectivity index (χ2n) is 6.27. The van der Waals surface area contributed by atoms with E-state index >= 15 is 0 Å². The molecule has 0 spiro atoms. The molecule has 1 aromatic rings. The number of piperidine rings is 1. The third-order valence-electron chi connectivity index (χ3n) is 4.60. The monoisotopic (exact) mass is 316 g/mol. The molecule has 2 fully saturated rings. The minimum absolute atomic E-state index is 0.00725. The van der Waals surface area contributed by atoms with Crippen molar-refractivity contribution in [3.8, 4) is 6.07 Å². The second-order valence-corrected chi connectivity index (χ2v) is 6.27. The number of hydrogen-bond donors (Lipinski definition) is 3. The predicted molar refractivity (Wildman–Crippen MR) is 82.4 cm³/mol. The highest BCUT2D eigenvalue weighted by Crippen LogP contribution is 2.33. The smallest absolute Gasteiger partial charge is 0.254 e. The minimum atomic E-state index is -0.636. The largest absolute Gasteiger partial charge is 0.365 e. The van der Waals surface area contributed by atoms with E-state index in [1.165, 1.54) is 0 Å². The van der Waals surface area contributed by atoms with Gasteiger partial charge in [0.1, 0.15) is 5.56 Å². The lowest BCUT2D eigenvalue weighted by atomic mass is 9.86. The van der Waals surface area contributed by atoms with Crippen LogP contribution in [0.5, 0.6) is 0 Å². The summed E-state index contributed by atoms with van der Waals surface area (Å²) in [6, 6.07) is 2.21. The molecule has 2 heterocycles. The zero-order chi connectivity index (χ0) is 16.4. The van der Waals surface area contributed by atoms with E-state index in [0.29, 0.717) is 6.42 Å². The minimum Gasteiger partial charge on any atom is -0.365 e. The zero-order valence-corrected chi connectivity index (χ0v) is 12.8. The number of nitriles is 1. The van der Waals surface area contributed by atoms with Crippen molar-refractivity contribution in [3.63, 3.8) is 0 Å². The third kappa shape index (κ3) is 3.05. The molecule has 0 unspecified atom stereocenters. The van der Waals surface area contributed by atoms with Crippen LogP contribution in [-0.4, -0.2) is 34.7 Å². The van der Waals surface area contributed by atoms with Gasteiger partial charge in [0.15, 0.2) is 5.82 Å². The highest BCUT2D eigenvalue weighted by molar-refractivity contribution is 6.02. The molecule has 8 nitrogen and oxygen atoms in total. The standard InChI is InChI=1S/C15H20N6O2/c16-6-3-15(4-7-18-8-5-15)21-9-11(12(17)22)13(20-21)19-14(23)10-1-2-10/h9-10,18H,1-5,7-8H2,(H2,17,22)(H,19,20,23). The van der Waals surface area contributed by atoms with Crippen LogP contribution in [0, 0.1) is 17.2 Å². The highest BCUT2D eigenvalue weighted by Gasteiger charge is 2.37. The average molecular weight is 316 g/mol. The van der Waals surface area contributed by atoms with Gasteiger partial charge in [-0.25, -0.2) is 0 Å². The fourth-order valence-corrected chi connectivity index (χ4v) is 2.98. The number of anilines is 1. The van der Waals surface area contributed by atoms with Crippen LogP contribution in [-0.2, 0) is 10.3 Å². The maximum atomic E-state index is 12.0. The molecule has 1 saturated heterocycles. The number of nitrogens with two attached hydrogens (primary N) is 1. The summed E-state index contributed by atoms with van der Waals surface area (Å²) >= 11 is 0. The molecule has 122 valence electrons. The van der Waals surface area contributed by atoms with Crippen molar-refractivity contribution in [3.05, 3.63) is 11.8 Å². The lowest BCUT2D eigenvalue weighted by Crippen LogP contribution is -2.44. The molecule has 1 aliphatic carbocycles. The van der Waals surface area contributed by atoms with Gasteiger partial charge in [-0.05, 0) is 38.8 Å². The first-order chi connectivity index (χ1) is 11.1. The number of nitrogens with zero attached hydrogens (tertiary/aromatic N) is 3. The van der Waals surface area contributed by atoms with Crippen LogP contribution in [0.15, 0.2) is 6.20 Å². The Morgan fingerprint density at radius 2 is 2.17 bits per heavy atom. The number of carbonyl (C=O) groups excluding carboxylic acids is 2. The van der Waals surface area contributed by atoms with Crippen molar-refractivity contribution in [2.75, 3.05) is 18.4 Å². The number of carbonyl (C=O) groups is 2. The lowest BCUT2D eigenvalue weighted by molar-refractivity contribution is -0.117. The highest BCUT2D eigenvalue weighted by atomic mass is 16.2. The molecular weight excluding hydrogens is 296 g/mol. The predicted octanol–water partition coefficient (Wildman–Crippen LogP) is 0.323. The van der Waals surface area contributed by atoms with Gasteiger partial charge in [-0.3, -0.25) is 14.3 Å². The topological polar surface area (TPSA) is 126 Å². The van der Waals surface area contributed by atoms with Crippen molar-refractivity contribution in [1.29, 1.82) is 5.26 Å². The van der Waals surface area contributed by atoms with E-state index in [4.69, 9.17) is 5.73 Å². The Kier molecular flexibility index (Phi) is 4.05. The Hall–Kier alpha value is -2.40. The molecule has 2 amide bonds. The number of primary amides is 1. The van der Waals surface area contributed by atoms with Crippen LogP contribution in [0.2, 0.25) is 0 Å². The molecule has 0 radical (unpaired) electrons. The van der Waals surface area contributed by atoms with Gasteiger partial charge in [0.05, 0.1) is 18.0 Å². The van der Waals surface area contributed by atoms with Crippen LogP contribution in [0.3, 0.4) is 0 Å². The fourth-order valence-electron chi connectivity index (χ4n) is 2.98. The Labute approximate surface area is 134 Å². The zero-order valence-electron chi connectivity index (χ0n) is 12.8. The van der Waals surface area contributed by atoms with Crippen LogP contribution in [0.1, 0.15) is 42.5 Å². The van der Waals surface area contributed by atoms with Crippen molar-refractivity contribution < 1.29 is 9.59 Å². The summed E-state index contributed by atoms with van der Waals surface area (Å²) in [7, 11) is 0. The molecule has 23 heavy (non-hydrogen) atoms. The van der Waals surface area contributed by atoms with Crippen molar-refractivity contribution in [1.82, 2.24) is 15.1 Å². The van der Waals surface area contributed by atoms with E-state index < -0.39 is 11.4 Å². The Balaban J connectivity index is 1.93. The van der Waals surface area contributed by atoms with Crippen LogP contribution < -0.4 is 16.4 Å². The molecule has 1 saturated carbocycles. The first-order valence-electron chi connectivity index (χ1n) is 7.84. The molecule has 0 aromatic carbocycles. The molecule has 3 rings (SSSR count).